The molecule has 0 aliphatic carbocycles. The molecule has 2 radical (unpaired) electrons. The number of aromatic nitrogens is 1. The van der Waals surface area contributed by atoms with Gasteiger partial charge in [-0.05, 0) is 37.0 Å². The monoisotopic (exact) mass is 510 g/mol. The summed E-state index contributed by atoms with van der Waals surface area (Å²) in [7, 11) is 6.49. The van der Waals surface area contributed by atoms with E-state index in [0.29, 0.717) is 19.5 Å². The van der Waals surface area contributed by atoms with Crippen LogP contribution in [0.15, 0.2) is 29.2 Å². The molecule has 37 heavy (non-hydrogen) atoms. The van der Waals surface area contributed by atoms with E-state index in [1.165, 1.54) is 23.8 Å². The quantitative estimate of drug-likeness (QED) is 0.290. The number of hydrogen-bond donors (Lipinski definition) is 2. The van der Waals surface area contributed by atoms with Crippen LogP contribution in [0.2, 0.25) is 0 Å². The second kappa shape index (κ2) is 10.2. The molecular formula is C25H25BF2N4O5. The molecule has 3 aromatic rings. The van der Waals surface area contributed by atoms with Crippen molar-refractivity contribution in [2.75, 3.05) is 30.3 Å². The van der Waals surface area contributed by atoms with Gasteiger partial charge in [-0.15, -0.1) is 0 Å². The van der Waals surface area contributed by atoms with Gasteiger partial charge in [-0.25, -0.2) is 13.6 Å². The molecule has 1 unspecified atom stereocenters. The maximum Gasteiger partial charge on any atom is 0.343 e. The van der Waals surface area contributed by atoms with Gasteiger partial charge < -0.3 is 30.4 Å². The summed E-state index contributed by atoms with van der Waals surface area (Å²) in [6.45, 7) is 3.19. The van der Waals surface area contributed by atoms with E-state index in [4.69, 9.17) is 28.8 Å². The number of nitrogen functional groups attached to an aromatic ring is 1. The standard InChI is InChI=1S/C25H25BF2N4O5/c1-3-36-25(35)16-10-32(20-8-19(30)17(27)6-13(20)11-37-12(2)33)22-15(24(16)34)7-18(28)23(21(22)26)31-5-4-14(29)9-31/h6-8,10,14H,3-5,9,11,29-30H2,1-2H3. The average molecular weight is 510 g/mol. The summed E-state index contributed by atoms with van der Waals surface area (Å²) < 4.78 is 41.3. The topological polar surface area (TPSA) is 130 Å². The summed E-state index contributed by atoms with van der Waals surface area (Å²) in [6.07, 6.45) is 1.80. The minimum Gasteiger partial charge on any atom is -0.462 e. The molecule has 2 heterocycles. The van der Waals surface area contributed by atoms with Gasteiger partial charge in [0.2, 0.25) is 5.43 Å². The van der Waals surface area contributed by atoms with Crippen LogP contribution in [0.4, 0.5) is 20.2 Å². The molecule has 1 aliphatic rings. The van der Waals surface area contributed by atoms with Crippen molar-refractivity contribution in [3.63, 3.8) is 0 Å². The summed E-state index contributed by atoms with van der Waals surface area (Å²) in [4.78, 5) is 39.1. The largest absolute Gasteiger partial charge is 0.462 e. The van der Waals surface area contributed by atoms with Crippen LogP contribution in [0.25, 0.3) is 16.6 Å². The number of ether oxygens (including phenoxy) is 2. The highest BCUT2D eigenvalue weighted by Crippen LogP contribution is 2.29. The second-order valence-corrected chi connectivity index (χ2v) is 8.76. The lowest BCUT2D eigenvalue weighted by molar-refractivity contribution is -0.142. The molecule has 4 N–H and O–H groups in total. The number of halogens is 2. The third-order valence-electron chi connectivity index (χ3n) is 6.18. The van der Waals surface area contributed by atoms with Gasteiger partial charge in [-0.1, -0.05) is 0 Å². The molecule has 1 aromatic heterocycles. The van der Waals surface area contributed by atoms with Crippen molar-refractivity contribution in [3.05, 3.63) is 57.4 Å². The first-order chi connectivity index (χ1) is 17.5. The van der Waals surface area contributed by atoms with Crippen molar-refractivity contribution in [2.24, 2.45) is 5.73 Å². The predicted molar refractivity (Wildman–Crippen MR) is 135 cm³/mol. The van der Waals surface area contributed by atoms with E-state index in [1.807, 2.05) is 0 Å². The Labute approximate surface area is 212 Å². The highest BCUT2D eigenvalue weighted by atomic mass is 19.1. The molecule has 0 saturated carbocycles. The van der Waals surface area contributed by atoms with Gasteiger partial charge in [-0.2, -0.15) is 0 Å². The summed E-state index contributed by atoms with van der Waals surface area (Å²) in [6, 6.07) is 3.14. The molecule has 0 bridgehead atoms. The van der Waals surface area contributed by atoms with E-state index in [-0.39, 0.29) is 58.2 Å². The Morgan fingerprint density at radius 3 is 2.54 bits per heavy atom. The highest BCUT2D eigenvalue weighted by molar-refractivity contribution is 6.42. The van der Waals surface area contributed by atoms with Gasteiger partial charge in [0, 0.05) is 43.2 Å². The number of hydrogen-bond acceptors (Lipinski definition) is 8. The Morgan fingerprint density at radius 2 is 1.92 bits per heavy atom. The molecule has 1 aliphatic heterocycles. The fourth-order valence-electron chi connectivity index (χ4n) is 4.47. The molecule has 0 spiro atoms. The third kappa shape index (κ3) is 4.88. The van der Waals surface area contributed by atoms with E-state index in [2.05, 4.69) is 0 Å². The molecule has 192 valence electrons. The normalized spacial score (nSPS) is 15.3. The number of carbonyl (C=O) groups excluding carboxylic acids is 2. The number of nitrogens with zero attached hydrogens (tertiary/aromatic N) is 2. The number of rotatable bonds is 6. The van der Waals surface area contributed by atoms with Crippen LogP contribution in [0.5, 0.6) is 0 Å². The molecule has 0 amide bonds. The number of fused-ring (bicyclic) bond motifs is 1. The van der Waals surface area contributed by atoms with Crippen LogP contribution in [0.3, 0.4) is 0 Å². The van der Waals surface area contributed by atoms with Crippen molar-refractivity contribution in [2.45, 2.75) is 32.9 Å². The first kappa shape index (κ1) is 26.1. The number of benzene rings is 2. The van der Waals surface area contributed by atoms with Gasteiger partial charge in [-0.3, -0.25) is 9.59 Å². The fraction of sp³-hybridized carbons (Fsp3) is 0.320. The van der Waals surface area contributed by atoms with Crippen LogP contribution >= 0.6 is 0 Å². The van der Waals surface area contributed by atoms with Crippen LogP contribution in [0, 0.1) is 11.6 Å². The lowest BCUT2D eigenvalue weighted by atomic mass is 9.88. The molecule has 12 heteroatoms. The minimum absolute atomic E-state index is 0.0117. The minimum atomic E-state index is -0.937. The van der Waals surface area contributed by atoms with Crippen molar-refractivity contribution >= 4 is 47.5 Å². The highest BCUT2D eigenvalue weighted by Gasteiger charge is 2.27. The van der Waals surface area contributed by atoms with Crippen molar-refractivity contribution in [1.29, 1.82) is 0 Å². The zero-order valence-corrected chi connectivity index (χ0v) is 20.3. The predicted octanol–water partition coefficient (Wildman–Crippen LogP) is 1.42. The van der Waals surface area contributed by atoms with Crippen LogP contribution in [0.1, 0.15) is 36.2 Å². The Hall–Kier alpha value is -3.93. The Balaban J connectivity index is 2.10. The molecule has 4 rings (SSSR count). The SMILES string of the molecule is [B]c1c(N2CCC(N)C2)c(F)cc2c(=O)c(C(=O)OCC)cn(-c3cc(N)c(F)cc3COC(C)=O)c12. The van der Waals surface area contributed by atoms with Crippen LogP contribution in [-0.4, -0.2) is 50.1 Å². The summed E-state index contributed by atoms with van der Waals surface area (Å²) in [5.74, 6) is -3.09. The number of pyridine rings is 1. The first-order valence-electron chi connectivity index (χ1n) is 11.6. The van der Waals surface area contributed by atoms with E-state index < -0.39 is 34.6 Å². The zero-order valence-electron chi connectivity index (χ0n) is 20.3. The van der Waals surface area contributed by atoms with Crippen LogP contribution in [-0.2, 0) is 20.9 Å². The van der Waals surface area contributed by atoms with Crippen molar-refractivity contribution < 1.29 is 27.8 Å². The molecular weight excluding hydrogens is 485 g/mol. The smallest absolute Gasteiger partial charge is 0.343 e. The van der Waals surface area contributed by atoms with E-state index in [1.54, 1.807) is 11.8 Å². The van der Waals surface area contributed by atoms with Crippen molar-refractivity contribution in [1.82, 2.24) is 4.57 Å². The third-order valence-corrected chi connectivity index (χ3v) is 6.18. The number of nitrogens with two attached hydrogens (primary N) is 2. The Morgan fingerprint density at radius 1 is 1.19 bits per heavy atom. The average Bonchev–Trinajstić information content (AvgIpc) is 3.26. The maximum atomic E-state index is 15.4. The van der Waals surface area contributed by atoms with E-state index in [0.717, 1.165) is 12.1 Å². The number of anilines is 2. The molecule has 2 aromatic carbocycles. The number of esters is 2. The zero-order chi connectivity index (χ0) is 27.0. The van der Waals surface area contributed by atoms with Gasteiger partial charge in [0.15, 0.2) is 0 Å². The summed E-state index contributed by atoms with van der Waals surface area (Å²) in [5, 5.41) is -0.200. The Bertz CT molecular complexity index is 1480. The van der Waals surface area contributed by atoms with Gasteiger partial charge in [0.1, 0.15) is 31.7 Å². The van der Waals surface area contributed by atoms with E-state index >= 15 is 4.39 Å². The van der Waals surface area contributed by atoms with Crippen molar-refractivity contribution in [3.8, 4) is 5.69 Å². The lowest BCUT2D eigenvalue weighted by Gasteiger charge is -2.25. The first-order valence-corrected chi connectivity index (χ1v) is 11.6. The summed E-state index contributed by atoms with van der Waals surface area (Å²) >= 11 is 0. The number of carbonyl (C=O) groups is 2. The van der Waals surface area contributed by atoms with Gasteiger partial charge in [0.25, 0.3) is 0 Å². The molecule has 1 saturated heterocycles. The maximum absolute atomic E-state index is 15.4. The molecule has 1 atom stereocenters. The molecule has 9 nitrogen and oxygen atoms in total. The lowest BCUT2D eigenvalue weighted by Crippen LogP contribution is -2.33. The molecule has 1 fully saturated rings. The van der Waals surface area contributed by atoms with E-state index in [9.17, 15) is 18.8 Å². The van der Waals surface area contributed by atoms with Crippen LogP contribution < -0.4 is 27.3 Å². The second-order valence-electron chi connectivity index (χ2n) is 8.76. The fourth-order valence-corrected chi connectivity index (χ4v) is 4.47. The Kier molecular flexibility index (Phi) is 7.22. The van der Waals surface area contributed by atoms with Gasteiger partial charge >= 0.3 is 11.9 Å². The summed E-state index contributed by atoms with van der Waals surface area (Å²) in [5.41, 5.74) is 10.8. The van der Waals surface area contributed by atoms with Gasteiger partial charge in [0.05, 0.1) is 29.2 Å².